The van der Waals surface area contributed by atoms with E-state index in [-0.39, 0.29) is 5.91 Å². The van der Waals surface area contributed by atoms with Crippen molar-refractivity contribution in [1.29, 1.82) is 0 Å². The number of carbonyl (C=O) groups excluding carboxylic acids is 2. The maximum Gasteiger partial charge on any atom is 0.430 e. The van der Waals surface area contributed by atoms with Crippen LogP contribution in [0, 0.1) is 0 Å². The molecule has 2 heterocycles. The molecule has 3 rings (SSSR count). The molecule has 0 fully saturated rings. The zero-order valence-corrected chi connectivity index (χ0v) is 16.3. The number of anilines is 1. The number of hydrogen-bond acceptors (Lipinski definition) is 7. The maximum atomic E-state index is 12.6. The van der Waals surface area contributed by atoms with E-state index >= 15 is 0 Å². The number of carboxylic acids is 1. The predicted octanol–water partition coefficient (Wildman–Crippen LogP) is 2.18. The zero-order valence-electron chi connectivity index (χ0n) is 13.9. The van der Waals surface area contributed by atoms with Gasteiger partial charge in [-0.2, -0.15) is 0 Å². The summed E-state index contributed by atoms with van der Waals surface area (Å²) in [5.41, 5.74) is 1.18. The lowest BCUT2D eigenvalue weighted by molar-refractivity contribution is -0.433. The minimum Gasteiger partial charge on any atom is -0.550 e. The van der Waals surface area contributed by atoms with Gasteiger partial charge in [-0.1, -0.05) is 35.7 Å². The molecule has 0 atom stereocenters. The van der Waals surface area contributed by atoms with Gasteiger partial charge in [-0.15, -0.1) is 4.58 Å². The van der Waals surface area contributed by atoms with Crippen LogP contribution in [-0.2, 0) is 9.59 Å². The summed E-state index contributed by atoms with van der Waals surface area (Å²) < 4.78 is 2.93. The molecule has 0 bridgehead atoms. The van der Waals surface area contributed by atoms with Crippen molar-refractivity contribution in [2.75, 3.05) is 24.7 Å². The Hall–Kier alpha value is -1.38. The number of benzene rings is 1. The molecule has 128 valence electrons. The van der Waals surface area contributed by atoms with Crippen molar-refractivity contribution in [3.8, 4) is 0 Å². The van der Waals surface area contributed by atoms with Gasteiger partial charge in [0.1, 0.15) is 5.03 Å². The lowest BCUT2D eigenvalue weighted by Crippen LogP contribution is -2.21. The molecule has 24 heavy (non-hydrogen) atoms. The summed E-state index contributed by atoms with van der Waals surface area (Å²) in [5, 5.41) is 9.93. The molecule has 2 aliphatic rings. The number of amides is 1. The van der Waals surface area contributed by atoms with E-state index in [4.69, 9.17) is 9.90 Å². The van der Waals surface area contributed by atoms with Crippen molar-refractivity contribution in [2.45, 2.75) is 18.7 Å². The molecule has 0 aliphatic carbocycles. The van der Waals surface area contributed by atoms with Gasteiger partial charge in [0.25, 0.3) is 4.38 Å². The highest BCUT2D eigenvalue weighted by Crippen LogP contribution is 2.49. The average Bonchev–Trinajstić information content (AvgIpc) is 3.04. The lowest BCUT2D eigenvalue weighted by atomic mass is 10.3. The highest BCUT2D eigenvalue weighted by Gasteiger charge is 2.41. The minimum atomic E-state index is -1.08. The van der Waals surface area contributed by atoms with E-state index in [1.54, 1.807) is 35.3 Å². The Labute approximate surface area is 154 Å². The quantitative estimate of drug-likeness (QED) is 0.545. The van der Waals surface area contributed by atoms with Crippen LogP contribution in [0.3, 0.4) is 0 Å². The molecule has 1 aromatic carbocycles. The first kappa shape index (κ1) is 19.0. The number of thioether (sulfide) groups is 3. The molecule has 0 saturated heterocycles. The van der Waals surface area contributed by atoms with Crippen LogP contribution in [0.5, 0.6) is 0 Å². The molecule has 1 aromatic rings. The Balaban J connectivity index is 0.000000471. The van der Waals surface area contributed by atoms with Crippen molar-refractivity contribution >= 4 is 57.2 Å². The number of nitrogens with zero attached hydrogens (tertiary/aromatic N) is 2. The first-order valence-corrected chi connectivity index (χ1v) is 10.1. The van der Waals surface area contributed by atoms with E-state index in [9.17, 15) is 4.79 Å². The van der Waals surface area contributed by atoms with Crippen LogP contribution in [0.1, 0.15) is 13.8 Å². The number of carbonyl (C=O) groups is 2. The van der Waals surface area contributed by atoms with E-state index in [0.29, 0.717) is 0 Å². The van der Waals surface area contributed by atoms with Crippen molar-refractivity contribution in [3.05, 3.63) is 34.2 Å². The SMILES string of the molecule is CC(=O)[O-].CC[N+]1=C(SC)S/C(=C2/Sc3ccccc3N2C)C1=O. The summed E-state index contributed by atoms with van der Waals surface area (Å²) in [4.78, 5) is 25.6. The number of para-hydroxylation sites is 1. The smallest absolute Gasteiger partial charge is 0.430 e. The normalized spacial score (nSPS) is 19.3. The minimum absolute atomic E-state index is 0.129. The van der Waals surface area contributed by atoms with Gasteiger partial charge in [0.2, 0.25) is 0 Å². The third kappa shape index (κ3) is 3.81. The standard InChI is InChI=1S/C14H15N2OS3.C2H4O2/c1-4-16-12(17)11(20-14(16)18-3)13-15(2)9-7-5-6-8-10(9)19-13;1-2(3)4/h5-8H,4H2,1-3H3;1H3,(H,3,4)/q+1;/p-1/b13-11+;. The van der Waals surface area contributed by atoms with Crippen molar-refractivity contribution in [2.24, 2.45) is 0 Å². The van der Waals surface area contributed by atoms with Crippen LogP contribution in [0.4, 0.5) is 5.69 Å². The maximum absolute atomic E-state index is 12.6. The molecule has 5 nitrogen and oxygen atoms in total. The van der Waals surface area contributed by atoms with Gasteiger partial charge in [0, 0.05) is 29.7 Å². The number of aliphatic carboxylic acids is 1. The molecule has 8 heteroatoms. The fraction of sp³-hybridized carbons (Fsp3) is 0.312. The molecule has 0 radical (unpaired) electrons. The lowest BCUT2D eigenvalue weighted by Gasteiger charge is -2.13. The van der Waals surface area contributed by atoms with Gasteiger partial charge in [-0.25, -0.2) is 4.79 Å². The molecule has 0 saturated carbocycles. The second-order valence-electron chi connectivity index (χ2n) is 4.88. The first-order chi connectivity index (χ1) is 11.4. The molecule has 0 spiro atoms. The summed E-state index contributed by atoms with van der Waals surface area (Å²) in [6, 6.07) is 8.27. The van der Waals surface area contributed by atoms with Crippen LogP contribution in [-0.4, -0.2) is 40.7 Å². The summed E-state index contributed by atoms with van der Waals surface area (Å²) in [6.07, 6.45) is 2.02. The van der Waals surface area contributed by atoms with E-state index in [0.717, 1.165) is 27.8 Å². The van der Waals surface area contributed by atoms with Crippen molar-refractivity contribution in [1.82, 2.24) is 0 Å². The topological polar surface area (TPSA) is 63.4 Å². The van der Waals surface area contributed by atoms with Crippen LogP contribution in [0.15, 0.2) is 39.1 Å². The number of carboxylic acid groups (broad SMARTS) is 1. The summed E-state index contributed by atoms with van der Waals surface area (Å²) in [5.74, 6) is -0.955. The summed E-state index contributed by atoms with van der Waals surface area (Å²) in [6.45, 7) is 3.71. The second kappa shape index (κ2) is 8.13. The molecule has 1 amide bonds. The predicted molar refractivity (Wildman–Crippen MR) is 100 cm³/mol. The van der Waals surface area contributed by atoms with E-state index in [2.05, 4.69) is 17.0 Å². The molecule has 0 unspecified atom stereocenters. The monoisotopic (exact) mass is 382 g/mol. The highest BCUT2D eigenvalue weighted by atomic mass is 32.2. The van der Waals surface area contributed by atoms with Crippen molar-refractivity contribution < 1.29 is 19.3 Å². The molecular weight excluding hydrogens is 364 g/mol. The van der Waals surface area contributed by atoms with E-state index in [1.165, 1.54) is 10.6 Å². The highest BCUT2D eigenvalue weighted by molar-refractivity contribution is 8.40. The second-order valence-corrected chi connectivity index (χ2v) is 7.96. The number of fused-ring (bicyclic) bond motifs is 1. The van der Waals surface area contributed by atoms with Gasteiger partial charge >= 0.3 is 5.91 Å². The Morgan fingerprint density at radius 2 is 1.96 bits per heavy atom. The first-order valence-electron chi connectivity index (χ1n) is 7.23. The van der Waals surface area contributed by atoms with Crippen molar-refractivity contribution in [3.63, 3.8) is 0 Å². The summed E-state index contributed by atoms with van der Waals surface area (Å²) in [7, 11) is 2.03. The summed E-state index contributed by atoms with van der Waals surface area (Å²) >= 11 is 4.92. The number of likely N-dealkylation sites (N-methyl/N-ethyl adjacent to an activating group) is 1. The van der Waals surface area contributed by atoms with Gasteiger partial charge < -0.3 is 14.8 Å². The fourth-order valence-corrected chi connectivity index (χ4v) is 5.52. The van der Waals surface area contributed by atoms with Gasteiger partial charge in [0.05, 0.1) is 5.69 Å². The van der Waals surface area contributed by atoms with Crippen LogP contribution < -0.4 is 10.0 Å². The third-order valence-corrected chi connectivity index (χ3v) is 6.92. The molecular formula is C16H18N2O3S3. The van der Waals surface area contributed by atoms with E-state index < -0.39 is 5.97 Å². The van der Waals surface area contributed by atoms with E-state index in [1.807, 2.05) is 36.9 Å². The Bertz CT molecular complexity index is 740. The molecule has 2 aliphatic heterocycles. The van der Waals surface area contributed by atoms with Gasteiger partial charge in [-0.3, -0.25) is 0 Å². The Kier molecular flexibility index (Phi) is 6.42. The van der Waals surface area contributed by atoms with Crippen LogP contribution in [0.2, 0.25) is 0 Å². The van der Waals surface area contributed by atoms with Gasteiger partial charge in [0.15, 0.2) is 11.4 Å². The largest absolute Gasteiger partial charge is 0.550 e. The molecule has 0 N–H and O–H groups in total. The molecule has 0 aromatic heterocycles. The Morgan fingerprint density at radius 1 is 1.33 bits per heavy atom. The van der Waals surface area contributed by atoms with Crippen LogP contribution >= 0.6 is 35.3 Å². The number of rotatable bonds is 1. The Morgan fingerprint density at radius 3 is 2.46 bits per heavy atom. The average molecular weight is 383 g/mol. The third-order valence-electron chi connectivity index (χ3n) is 3.27. The van der Waals surface area contributed by atoms with Crippen LogP contribution in [0.25, 0.3) is 0 Å². The number of hydrogen-bond donors (Lipinski definition) is 0. The van der Waals surface area contributed by atoms with Gasteiger partial charge in [-0.05, 0) is 32.2 Å². The zero-order chi connectivity index (χ0) is 17.9. The fourth-order valence-electron chi connectivity index (χ4n) is 2.25.